The molecule has 11 heteroatoms. The Hall–Kier alpha value is -1.61. The number of nitrogens with zero attached hydrogens (tertiary/aromatic N) is 1. The SMILES string of the molecule is NCCNC(=O)/C=C/c1cn(C2CC(O)C(CO)O2)c(=O)[nH]c1=O.[Re]. The zero-order valence-corrected chi connectivity index (χ0v) is 15.9. The van der Waals surface area contributed by atoms with Crippen LogP contribution in [0.15, 0.2) is 21.9 Å². The zero-order valence-electron chi connectivity index (χ0n) is 13.2. The molecule has 0 spiro atoms. The van der Waals surface area contributed by atoms with Crippen LogP contribution in [0.4, 0.5) is 0 Å². The summed E-state index contributed by atoms with van der Waals surface area (Å²) in [5.41, 5.74) is 3.97. The molecule has 1 aliphatic rings. The average Bonchev–Trinajstić information content (AvgIpc) is 2.92. The summed E-state index contributed by atoms with van der Waals surface area (Å²) >= 11 is 0. The third kappa shape index (κ3) is 5.43. The Balaban J connectivity index is 0.00000312. The first kappa shape index (κ1) is 21.4. The van der Waals surface area contributed by atoms with Gasteiger partial charge in [-0.15, -0.1) is 0 Å². The van der Waals surface area contributed by atoms with Gasteiger partial charge in [0.05, 0.1) is 18.3 Å². The number of amides is 1. The Morgan fingerprint density at radius 3 is 2.84 bits per heavy atom. The minimum Gasteiger partial charge on any atom is -0.394 e. The van der Waals surface area contributed by atoms with Crippen LogP contribution in [0, 0.1) is 0 Å². The molecule has 0 aromatic carbocycles. The number of aliphatic hydroxyl groups excluding tert-OH is 2. The fourth-order valence-corrected chi connectivity index (χ4v) is 2.30. The van der Waals surface area contributed by atoms with E-state index in [2.05, 4.69) is 10.3 Å². The van der Waals surface area contributed by atoms with Crippen LogP contribution in [-0.4, -0.2) is 57.6 Å². The summed E-state index contributed by atoms with van der Waals surface area (Å²) in [7, 11) is 0. The van der Waals surface area contributed by atoms with Gasteiger partial charge in [0.15, 0.2) is 0 Å². The number of nitrogens with two attached hydrogens (primary N) is 1. The molecule has 3 unspecified atom stereocenters. The van der Waals surface area contributed by atoms with Crippen LogP contribution in [-0.2, 0) is 30.0 Å². The van der Waals surface area contributed by atoms with E-state index < -0.39 is 35.6 Å². The Morgan fingerprint density at radius 1 is 1.52 bits per heavy atom. The van der Waals surface area contributed by atoms with Gasteiger partial charge in [-0.05, 0) is 6.08 Å². The van der Waals surface area contributed by atoms with E-state index in [1.807, 2.05) is 0 Å². The summed E-state index contributed by atoms with van der Waals surface area (Å²) in [5.74, 6) is -0.425. The van der Waals surface area contributed by atoms with Gasteiger partial charge in [-0.1, -0.05) is 0 Å². The first-order valence-corrected chi connectivity index (χ1v) is 7.42. The summed E-state index contributed by atoms with van der Waals surface area (Å²) in [5, 5.41) is 21.3. The van der Waals surface area contributed by atoms with Gasteiger partial charge < -0.3 is 26.0 Å². The van der Waals surface area contributed by atoms with E-state index in [4.69, 9.17) is 15.6 Å². The topological polar surface area (TPSA) is 160 Å². The Bertz CT molecular complexity index is 731. The molecule has 6 N–H and O–H groups in total. The van der Waals surface area contributed by atoms with Crippen LogP contribution in [0.2, 0.25) is 0 Å². The van der Waals surface area contributed by atoms with Crippen molar-refractivity contribution in [2.24, 2.45) is 5.73 Å². The summed E-state index contributed by atoms with van der Waals surface area (Å²) in [6, 6.07) is 0. The number of aromatic amines is 1. The number of ether oxygens (including phenoxy) is 1. The average molecular weight is 527 g/mol. The van der Waals surface area contributed by atoms with Crippen LogP contribution in [0.5, 0.6) is 0 Å². The number of hydrogen-bond acceptors (Lipinski definition) is 7. The second-order valence-electron chi connectivity index (χ2n) is 5.28. The van der Waals surface area contributed by atoms with E-state index in [0.717, 1.165) is 10.6 Å². The minimum absolute atomic E-state index is 0. The van der Waals surface area contributed by atoms with E-state index in [1.54, 1.807) is 0 Å². The number of hydrogen-bond donors (Lipinski definition) is 5. The third-order valence-electron chi connectivity index (χ3n) is 3.55. The molecule has 0 aliphatic carbocycles. The molecular formula is C14H20N4O6Re. The largest absolute Gasteiger partial charge is 0.394 e. The van der Waals surface area contributed by atoms with Crippen molar-refractivity contribution in [2.75, 3.05) is 19.7 Å². The van der Waals surface area contributed by atoms with Crippen LogP contribution in [0.25, 0.3) is 6.08 Å². The monoisotopic (exact) mass is 527 g/mol. The first-order valence-electron chi connectivity index (χ1n) is 7.42. The minimum atomic E-state index is -0.917. The molecule has 1 saturated heterocycles. The fraction of sp³-hybridized carbons (Fsp3) is 0.500. The van der Waals surface area contributed by atoms with Crippen LogP contribution in [0.1, 0.15) is 18.2 Å². The van der Waals surface area contributed by atoms with Crippen LogP contribution < -0.4 is 22.3 Å². The standard InChI is InChI=1S/C14H20N4O6.Re/c15-3-4-16-11(21)2-1-8-6-18(14(23)17-13(8)22)12-5-9(20)10(7-19)24-12;/h1-2,6,9-10,12,19-20H,3-5,7,15H2,(H,16,21)(H,17,22,23);/b2-1+;. The van der Waals surface area contributed by atoms with Gasteiger partial charge in [0.2, 0.25) is 5.91 Å². The molecular weight excluding hydrogens is 506 g/mol. The Labute approximate surface area is 156 Å². The van der Waals surface area contributed by atoms with Gasteiger partial charge in [-0.3, -0.25) is 19.1 Å². The second kappa shape index (κ2) is 9.77. The summed E-state index contributed by atoms with van der Waals surface area (Å²) in [6.07, 6.45) is 1.21. The molecule has 2 rings (SSSR count). The van der Waals surface area contributed by atoms with E-state index >= 15 is 0 Å². The molecule has 0 bridgehead atoms. The van der Waals surface area contributed by atoms with Crippen molar-refractivity contribution in [1.29, 1.82) is 0 Å². The number of carbonyl (C=O) groups excluding carboxylic acids is 1. The number of H-pyrrole nitrogens is 1. The van der Waals surface area contributed by atoms with Gasteiger partial charge in [-0.25, -0.2) is 4.79 Å². The van der Waals surface area contributed by atoms with Crippen molar-refractivity contribution in [3.63, 3.8) is 0 Å². The van der Waals surface area contributed by atoms with Crippen LogP contribution >= 0.6 is 0 Å². The molecule has 0 saturated carbocycles. The van der Waals surface area contributed by atoms with E-state index in [-0.39, 0.29) is 39.0 Å². The molecule has 1 fully saturated rings. The van der Waals surface area contributed by atoms with E-state index in [0.29, 0.717) is 13.1 Å². The molecule has 1 aromatic rings. The van der Waals surface area contributed by atoms with Crippen molar-refractivity contribution in [3.8, 4) is 0 Å². The van der Waals surface area contributed by atoms with Gasteiger partial charge in [-0.2, -0.15) is 0 Å². The summed E-state index contributed by atoms with van der Waals surface area (Å²) < 4.78 is 6.50. The van der Waals surface area contributed by atoms with Gasteiger partial charge in [0.25, 0.3) is 5.56 Å². The molecule has 10 nitrogen and oxygen atoms in total. The smallest absolute Gasteiger partial charge is 0.330 e. The molecule has 1 radical (unpaired) electrons. The molecule has 25 heavy (non-hydrogen) atoms. The van der Waals surface area contributed by atoms with Gasteiger partial charge in [0.1, 0.15) is 12.3 Å². The molecule has 1 amide bonds. The normalized spacial score (nSPS) is 22.8. The van der Waals surface area contributed by atoms with Crippen molar-refractivity contribution >= 4 is 12.0 Å². The van der Waals surface area contributed by atoms with Crippen molar-refractivity contribution < 1.29 is 40.2 Å². The molecule has 1 aliphatic heterocycles. The number of rotatable bonds is 6. The molecule has 1 aromatic heterocycles. The van der Waals surface area contributed by atoms with Crippen molar-refractivity contribution in [2.45, 2.75) is 24.9 Å². The van der Waals surface area contributed by atoms with Crippen molar-refractivity contribution in [1.82, 2.24) is 14.9 Å². The maximum Gasteiger partial charge on any atom is 0.330 e. The molecule has 2 heterocycles. The molecule has 139 valence electrons. The number of carbonyl (C=O) groups is 1. The Kier molecular flexibility index (Phi) is 8.37. The fourth-order valence-electron chi connectivity index (χ4n) is 2.30. The van der Waals surface area contributed by atoms with E-state index in [9.17, 15) is 19.5 Å². The van der Waals surface area contributed by atoms with Gasteiger partial charge >= 0.3 is 5.69 Å². The summed E-state index contributed by atoms with van der Waals surface area (Å²) in [6.45, 7) is 0.206. The molecule has 3 atom stereocenters. The third-order valence-corrected chi connectivity index (χ3v) is 3.55. The first-order chi connectivity index (χ1) is 11.5. The van der Waals surface area contributed by atoms with E-state index in [1.165, 1.54) is 12.3 Å². The van der Waals surface area contributed by atoms with Crippen molar-refractivity contribution in [3.05, 3.63) is 38.7 Å². The van der Waals surface area contributed by atoms with Crippen LogP contribution in [0.3, 0.4) is 0 Å². The predicted octanol–water partition coefficient (Wildman–Crippen LogP) is -2.74. The number of aromatic nitrogens is 2. The van der Waals surface area contributed by atoms with Gasteiger partial charge in [0, 0.05) is 52.2 Å². The number of aliphatic hydroxyl groups is 2. The zero-order chi connectivity index (χ0) is 17.7. The quantitative estimate of drug-likeness (QED) is 0.252. The Morgan fingerprint density at radius 2 is 2.24 bits per heavy atom. The second-order valence-corrected chi connectivity index (χ2v) is 5.28. The predicted molar refractivity (Wildman–Crippen MR) is 84.0 cm³/mol. The maximum absolute atomic E-state index is 11.9. The maximum atomic E-state index is 11.9. The summed E-state index contributed by atoms with van der Waals surface area (Å²) in [4.78, 5) is 37.4. The number of nitrogens with one attached hydrogen (secondary N) is 2.